The second-order valence-electron chi connectivity index (χ2n) is 7.20. The minimum Gasteiger partial charge on any atom is -0.355 e. The fourth-order valence-corrected chi connectivity index (χ4v) is 3.56. The first-order chi connectivity index (χ1) is 11.1. The van der Waals surface area contributed by atoms with Crippen molar-refractivity contribution < 1.29 is 0 Å². The smallest absolute Gasteiger partial charge is 0.143 e. The van der Waals surface area contributed by atoms with E-state index in [0.29, 0.717) is 5.41 Å². The van der Waals surface area contributed by atoms with Gasteiger partial charge in [-0.15, -0.1) is 0 Å². The lowest BCUT2D eigenvalue weighted by Gasteiger charge is -2.38. The Kier molecular flexibility index (Phi) is 3.33. The molecule has 0 aliphatic carbocycles. The number of H-pyrrole nitrogens is 1. The van der Waals surface area contributed by atoms with Gasteiger partial charge < -0.3 is 9.88 Å². The zero-order valence-corrected chi connectivity index (χ0v) is 13.7. The fraction of sp³-hybridized carbons (Fsp3) is 0.368. The average Bonchev–Trinajstić information content (AvgIpc) is 2.99. The number of fused-ring (bicyclic) bond motifs is 1. The Morgan fingerprint density at radius 1 is 1.13 bits per heavy atom. The molecule has 0 atom stereocenters. The highest BCUT2D eigenvalue weighted by Gasteiger charge is 2.28. The second-order valence-corrected chi connectivity index (χ2v) is 7.20. The Bertz CT molecular complexity index is 820. The maximum atomic E-state index is 4.60. The molecule has 1 aromatic carbocycles. The van der Waals surface area contributed by atoms with Gasteiger partial charge in [-0.1, -0.05) is 44.2 Å². The van der Waals surface area contributed by atoms with Crippen LogP contribution in [-0.4, -0.2) is 28.0 Å². The number of aromatic amines is 1. The van der Waals surface area contributed by atoms with Crippen LogP contribution in [0.2, 0.25) is 0 Å². The van der Waals surface area contributed by atoms with Crippen LogP contribution < -0.4 is 4.90 Å². The number of anilines is 1. The van der Waals surface area contributed by atoms with Crippen LogP contribution in [0.1, 0.15) is 26.7 Å². The number of nitrogens with one attached hydrogen (secondary N) is 1. The molecule has 4 nitrogen and oxygen atoms in total. The molecule has 3 aromatic rings. The van der Waals surface area contributed by atoms with Crippen LogP contribution in [0.3, 0.4) is 0 Å². The highest BCUT2D eigenvalue weighted by molar-refractivity contribution is 5.91. The van der Waals surface area contributed by atoms with E-state index in [2.05, 4.69) is 64.0 Å². The summed E-state index contributed by atoms with van der Waals surface area (Å²) >= 11 is 0. The van der Waals surface area contributed by atoms with Crippen LogP contribution in [0.25, 0.3) is 22.3 Å². The Balaban J connectivity index is 1.77. The second kappa shape index (κ2) is 5.37. The van der Waals surface area contributed by atoms with Crippen molar-refractivity contribution in [2.24, 2.45) is 5.41 Å². The van der Waals surface area contributed by atoms with Gasteiger partial charge in [0.05, 0.1) is 5.39 Å². The number of hydrogen-bond acceptors (Lipinski definition) is 3. The van der Waals surface area contributed by atoms with Crippen molar-refractivity contribution in [3.63, 3.8) is 0 Å². The predicted octanol–water partition coefficient (Wildman–Crippen LogP) is 4.25. The molecule has 4 rings (SSSR count). The van der Waals surface area contributed by atoms with Crippen molar-refractivity contribution in [3.05, 3.63) is 42.7 Å². The number of hydrogen-bond donors (Lipinski definition) is 1. The molecule has 0 spiro atoms. The van der Waals surface area contributed by atoms with Gasteiger partial charge in [0.1, 0.15) is 17.8 Å². The molecule has 23 heavy (non-hydrogen) atoms. The van der Waals surface area contributed by atoms with Crippen LogP contribution in [0.15, 0.2) is 42.7 Å². The Labute approximate surface area is 136 Å². The summed E-state index contributed by atoms with van der Waals surface area (Å²) in [6.07, 6.45) is 4.17. The van der Waals surface area contributed by atoms with E-state index in [9.17, 15) is 0 Å². The summed E-state index contributed by atoms with van der Waals surface area (Å²) in [5, 5.41) is 1.11. The van der Waals surface area contributed by atoms with E-state index < -0.39 is 0 Å². The van der Waals surface area contributed by atoms with Gasteiger partial charge in [0, 0.05) is 18.8 Å². The highest BCUT2D eigenvalue weighted by atomic mass is 15.2. The van der Waals surface area contributed by atoms with Crippen LogP contribution >= 0.6 is 0 Å². The summed E-state index contributed by atoms with van der Waals surface area (Å²) in [4.78, 5) is 14.9. The lowest BCUT2D eigenvalue weighted by Crippen LogP contribution is -2.40. The molecule has 2 aromatic heterocycles. The van der Waals surface area contributed by atoms with E-state index in [0.717, 1.165) is 35.6 Å². The zero-order chi connectivity index (χ0) is 15.9. The van der Waals surface area contributed by atoms with Crippen LogP contribution in [0.4, 0.5) is 5.82 Å². The number of piperidine rings is 1. The maximum absolute atomic E-state index is 4.60. The third-order valence-electron chi connectivity index (χ3n) is 4.69. The van der Waals surface area contributed by atoms with Crippen LogP contribution in [-0.2, 0) is 0 Å². The minimum absolute atomic E-state index is 0.341. The quantitative estimate of drug-likeness (QED) is 0.769. The molecule has 118 valence electrons. The van der Waals surface area contributed by atoms with Gasteiger partial charge in [0.25, 0.3) is 0 Å². The van der Waals surface area contributed by atoms with Crippen molar-refractivity contribution >= 4 is 16.9 Å². The van der Waals surface area contributed by atoms with Gasteiger partial charge >= 0.3 is 0 Å². The molecule has 0 unspecified atom stereocenters. The topological polar surface area (TPSA) is 44.8 Å². The van der Waals surface area contributed by atoms with E-state index in [4.69, 9.17) is 0 Å². The normalized spacial score (nSPS) is 17.6. The van der Waals surface area contributed by atoms with E-state index in [-0.39, 0.29) is 0 Å². The summed E-state index contributed by atoms with van der Waals surface area (Å²) in [6, 6.07) is 12.6. The molecule has 1 fully saturated rings. The van der Waals surface area contributed by atoms with Gasteiger partial charge in [-0.3, -0.25) is 0 Å². The first kappa shape index (κ1) is 14.2. The van der Waals surface area contributed by atoms with Crippen molar-refractivity contribution in [2.45, 2.75) is 26.7 Å². The first-order valence-corrected chi connectivity index (χ1v) is 8.26. The third kappa shape index (κ3) is 2.69. The number of aromatic nitrogens is 3. The standard InChI is InChI=1S/C19H22N4/c1-19(2)9-6-10-23(12-19)18-15-11-16(14-7-4-3-5-8-14)22-17(15)20-13-21-18/h3-5,7-8,11,13H,6,9-10,12H2,1-2H3,(H,20,21,22). The molecule has 1 aliphatic rings. The van der Waals surface area contributed by atoms with Gasteiger partial charge in [-0.2, -0.15) is 0 Å². The molecule has 1 aliphatic heterocycles. The van der Waals surface area contributed by atoms with Gasteiger partial charge in [-0.05, 0) is 29.9 Å². The van der Waals surface area contributed by atoms with E-state index in [1.54, 1.807) is 6.33 Å². The molecule has 0 saturated carbocycles. The maximum Gasteiger partial charge on any atom is 0.143 e. The van der Waals surface area contributed by atoms with E-state index >= 15 is 0 Å². The van der Waals surface area contributed by atoms with Crippen LogP contribution in [0, 0.1) is 5.41 Å². The molecule has 1 N–H and O–H groups in total. The molecular weight excluding hydrogens is 284 g/mol. The lowest BCUT2D eigenvalue weighted by atomic mass is 9.84. The SMILES string of the molecule is CC1(C)CCCN(c2ncnc3[nH]c(-c4ccccc4)cc23)C1. The molecule has 0 radical (unpaired) electrons. The highest BCUT2D eigenvalue weighted by Crippen LogP contribution is 2.34. The zero-order valence-electron chi connectivity index (χ0n) is 13.7. The number of benzene rings is 1. The van der Waals surface area contributed by atoms with Crippen LogP contribution in [0.5, 0.6) is 0 Å². The largest absolute Gasteiger partial charge is 0.355 e. The third-order valence-corrected chi connectivity index (χ3v) is 4.69. The number of rotatable bonds is 2. The monoisotopic (exact) mass is 306 g/mol. The number of nitrogens with zero attached hydrogens (tertiary/aromatic N) is 3. The molecule has 4 heteroatoms. The van der Waals surface area contributed by atoms with Gasteiger partial charge in [0.2, 0.25) is 0 Å². The van der Waals surface area contributed by atoms with Gasteiger partial charge in [0.15, 0.2) is 0 Å². The Hall–Kier alpha value is -2.36. The Morgan fingerprint density at radius 2 is 1.96 bits per heavy atom. The summed E-state index contributed by atoms with van der Waals surface area (Å²) in [5.74, 6) is 1.06. The summed E-state index contributed by atoms with van der Waals surface area (Å²) in [7, 11) is 0. The summed E-state index contributed by atoms with van der Waals surface area (Å²) in [6.45, 7) is 6.79. The summed E-state index contributed by atoms with van der Waals surface area (Å²) in [5.41, 5.74) is 3.53. The lowest BCUT2D eigenvalue weighted by molar-refractivity contribution is 0.292. The Morgan fingerprint density at radius 3 is 2.74 bits per heavy atom. The molecule has 3 heterocycles. The molecule has 1 saturated heterocycles. The minimum atomic E-state index is 0.341. The molecule has 0 amide bonds. The fourth-order valence-electron chi connectivity index (χ4n) is 3.56. The van der Waals surface area contributed by atoms with E-state index in [1.807, 2.05) is 6.07 Å². The first-order valence-electron chi connectivity index (χ1n) is 8.26. The molecular formula is C19H22N4. The predicted molar refractivity (Wildman–Crippen MR) is 94.6 cm³/mol. The van der Waals surface area contributed by atoms with Crippen molar-refractivity contribution in [2.75, 3.05) is 18.0 Å². The average molecular weight is 306 g/mol. The van der Waals surface area contributed by atoms with Crippen molar-refractivity contribution in [3.8, 4) is 11.3 Å². The molecule has 0 bridgehead atoms. The van der Waals surface area contributed by atoms with E-state index in [1.165, 1.54) is 18.4 Å². The van der Waals surface area contributed by atoms with Crippen molar-refractivity contribution in [1.82, 2.24) is 15.0 Å². The van der Waals surface area contributed by atoms with Crippen molar-refractivity contribution in [1.29, 1.82) is 0 Å². The van der Waals surface area contributed by atoms with Gasteiger partial charge in [-0.25, -0.2) is 9.97 Å². The summed E-state index contributed by atoms with van der Waals surface area (Å²) < 4.78 is 0.